The smallest absolute Gasteiger partial charge is 0.212 e. The van der Waals surface area contributed by atoms with Gasteiger partial charge in [-0.25, -0.2) is 8.42 Å². The van der Waals surface area contributed by atoms with E-state index in [4.69, 9.17) is 0 Å². The first-order chi connectivity index (χ1) is 6.17. The van der Waals surface area contributed by atoms with Gasteiger partial charge in [0.05, 0.1) is 5.75 Å². The Morgan fingerprint density at radius 1 is 1.31 bits per heavy atom. The summed E-state index contributed by atoms with van der Waals surface area (Å²) < 4.78 is 25.1. The molecule has 0 amide bonds. The van der Waals surface area contributed by atoms with Gasteiger partial charge in [-0.15, -0.1) is 0 Å². The first kappa shape index (κ1) is 9.46. The van der Waals surface area contributed by atoms with Crippen molar-refractivity contribution in [2.75, 3.05) is 5.75 Å². The summed E-state index contributed by atoms with van der Waals surface area (Å²) in [5.41, 5.74) is 0. The van der Waals surface area contributed by atoms with E-state index in [9.17, 15) is 8.42 Å². The number of rotatable bonds is 4. The van der Waals surface area contributed by atoms with Gasteiger partial charge in [0.1, 0.15) is 0 Å². The van der Waals surface area contributed by atoms with E-state index in [-0.39, 0.29) is 0 Å². The Hall–Kier alpha value is -0.0900. The molecule has 2 atom stereocenters. The largest absolute Gasteiger partial charge is 0.214 e. The molecule has 76 valence electrons. The second-order valence-corrected chi connectivity index (χ2v) is 6.06. The van der Waals surface area contributed by atoms with Gasteiger partial charge >= 0.3 is 0 Å². The highest BCUT2D eigenvalue weighted by Gasteiger charge is 2.56. The number of hydrogen-bond donors (Lipinski definition) is 0. The van der Waals surface area contributed by atoms with Crippen molar-refractivity contribution >= 4 is 10.0 Å². The lowest BCUT2D eigenvalue weighted by molar-refractivity contribution is 0.515. The van der Waals surface area contributed by atoms with E-state index in [0.29, 0.717) is 17.8 Å². The molecular formula is C9H17NO2S. The first-order valence-corrected chi connectivity index (χ1v) is 6.79. The molecule has 0 bridgehead atoms. The average Bonchev–Trinajstić information content (AvgIpc) is 2.61. The van der Waals surface area contributed by atoms with Crippen molar-refractivity contribution in [3.05, 3.63) is 0 Å². The van der Waals surface area contributed by atoms with E-state index >= 15 is 0 Å². The Labute approximate surface area is 80.2 Å². The van der Waals surface area contributed by atoms with E-state index in [1.807, 2.05) is 6.92 Å². The van der Waals surface area contributed by atoms with Crippen LogP contribution in [0.2, 0.25) is 0 Å². The minimum absolute atomic E-state index is 0.358. The van der Waals surface area contributed by atoms with Gasteiger partial charge in [-0.2, -0.15) is 4.31 Å². The predicted octanol–water partition coefficient (Wildman–Crippen LogP) is 1.35. The third-order valence-corrected chi connectivity index (χ3v) is 5.07. The number of sulfonamides is 1. The number of piperidine rings is 1. The zero-order chi connectivity index (χ0) is 9.47. The summed E-state index contributed by atoms with van der Waals surface area (Å²) in [4.78, 5) is 0. The van der Waals surface area contributed by atoms with Crippen LogP contribution in [0.15, 0.2) is 0 Å². The summed E-state index contributed by atoms with van der Waals surface area (Å²) in [6.45, 7) is 2.03. The molecule has 13 heavy (non-hydrogen) atoms. The molecule has 3 nitrogen and oxygen atoms in total. The number of hydrogen-bond acceptors (Lipinski definition) is 2. The third-order valence-electron chi connectivity index (χ3n) is 3.08. The topological polar surface area (TPSA) is 37.1 Å². The zero-order valence-corrected chi connectivity index (χ0v) is 8.89. The van der Waals surface area contributed by atoms with Crippen LogP contribution in [-0.2, 0) is 10.0 Å². The van der Waals surface area contributed by atoms with Crippen LogP contribution in [0.1, 0.15) is 39.0 Å². The maximum atomic E-state index is 11.7. The quantitative estimate of drug-likeness (QED) is 0.647. The predicted molar refractivity (Wildman–Crippen MR) is 52.0 cm³/mol. The van der Waals surface area contributed by atoms with Gasteiger partial charge in [0.15, 0.2) is 0 Å². The number of nitrogens with zero attached hydrogens (tertiary/aromatic N) is 1. The minimum Gasteiger partial charge on any atom is -0.212 e. The Morgan fingerprint density at radius 3 is 2.46 bits per heavy atom. The van der Waals surface area contributed by atoms with Crippen LogP contribution < -0.4 is 0 Å². The van der Waals surface area contributed by atoms with Gasteiger partial charge in [0.2, 0.25) is 10.0 Å². The molecule has 2 fully saturated rings. The second-order valence-electron chi connectivity index (χ2n) is 4.07. The fraction of sp³-hybridized carbons (Fsp3) is 1.00. The Kier molecular flexibility index (Phi) is 2.36. The van der Waals surface area contributed by atoms with Crippen LogP contribution in [0.3, 0.4) is 0 Å². The lowest BCUT2D eigenvalue weighted by Gasteiger charge is -2.07. The molecule has 2 rings (SSSR count). The SMILES string of the molecule is CCCCS(=O)(=O)N1[C@H]2CCC[C@@H]21. The fourth-order valence-electron chi connectivity index (χ4n) is 2.33. The molecule has 1 saturated heterocycles. The molecule has 0 N–H and O–H groups in total. The van der Waals surface area contributed by atoms with Gasteiger partial charge in [0.25, 0.3) is 0 Å². The average molecular weight is 203 g/mol. The molecule has 0 unspecified atom stereocenters. The zero-order valence-electron chi connectivity index (χ0n) is 8.07. The molecule has 0 aromatic rings. The van der Waals surface area contributed by atoms with Crippen LogP contribution >= 0.6 is 0 Å². The van der Waals surface area contributed by atoms with E-state index in [0.717, 1.165) is 25.7 Å². The molecular weight excluding hydrogens is 186 g/mol. The third kappa shape index (κ3) is 1.62. The highest BCUT2D eigenvalue weighted by Crippen LogP contribution is 2.44. The molecule has 0 aromatic carbocycles. The van der Waals surface area contributed by atoms with E-state index < -0.39 is 10.0 Å². The Bertz CT molecular complexity index is 276. The van der Waals surface area contributed by atoms with E-state index in [1.165, 1.54) is 6.42 Å². The van der Waals surface area contributed by atoms with Crippen molar-refractivity contribution in [2.24, 2.45) is 0 Å². The highest BCUT2D eigenvalue weighted by atomic mass is 32.2. The molecule has 2 aliphatic rings. The summed E-state index contributed by atoms with van der Waals surface area (Å²) in [7, 11) is -2.88. The van der Waals surface area contributed by atoms with Crippen molar-refractivity contribution in [1.82, 2.24) is 4.31 Å². The van der Waals surface area contributed by atoms with Crippen molar-refractivity contribution < 1.29 is 8.42 Å². The molecule has 1 heterocycles. The number of unbranched alkanes of at least 4 members (excludes halogenated alkanes) is 1. The van der Waals surface area contributed by atoms with Gasteiger partial charge in [-0.3, -0.25) is 0 Å². The van der Waals surface area contributed by atoms with Crippen molar-refractivity contribution in [2.45, 2.75) is 51.1 Å². The maximum absolute atomic E-state index is 11.7. The Balaban J connectivity index is 1.94. The normalized spacial score (nSPS) is 37.5. The lowest BCUT2D eigenvalue weighted by atomic mass is 10.3. The van der Waals surface area contributed by atoms with Gasteiger partial charge in [-0.05, 0) is 19.3 Å². The molecule has 0 aromatic heterocycles. The van der Waals surface area contributed by atoms with Crippen molar-refractivity contribution in [1.29, 1.82) is 0 Å². The van der Waals surface area contributed by atoms with E-state index in [2.05, 4.69) is 0 Å². The maximum Gasteiger partial charge on any atom is 0.214 e. The van der Waals surface area contributed by atoms with Crippen molar-refractivity contribution in [3.8, 4) is 0 Å². The standard InChI is InChI=1S/C9H17NO2S/c1-2-3-7-13(11,12)10-8-5-4-6-9(8)10/h8-9H,2-7H2,1H3/t8-,9-/m0/s1. The van der Waals surface area contributed by atoms with Crippen molar-refractivity contribution in [3.63, 3.8) is 0 Å². The molecule has 0 spiro atoms. The molecule has 1 saturated carbocycles. The first-order valence-electron chi connectivity index (χ1n) is 5.18. The van der Waals surface area contributed by atoms with Crippen LogP contribution in [0.4, 0.5) is 0 Å². The summed E-state index contributed by atoms with van der Waals surface area (Å²) in [6.07, 6.45) is 5.17. The summed E-state index contributed by atoms with van der Waals surface area (Å²) in [5, 5.41) is 0. The summed E-state index contributed by atoms with van der Waals surface area (Å²) >= 11 is 0. The molecule has 1 aliphatic carbocycles. The van der Waals surface area contributed by atoms with Gasteiger partial charge in [-0.1, -0.05) is 19.8 Å². The van der Waals surface area contributed by atoms with Crippen LogP contribution in [-0.4, -0.2) is 30.6 Å². The molecule has 1 aliphatic heterocycles. The molecule has 0 radical (unpaired) electrons. The van der Waals surface area contributed by atoms with Crippen LogP contribution in [0, 0.1) is 0 Å². The van der Waals surface area contributed by atoms with E-state index in [1.54, 1.807) is 4.31 Å². The van der Waals surface area contributed by atoms with Crippen LogP contribution in [0.5, 0.6) is 0 Å². The van der Waals surface area contributed by atoms with Crippen LogP contribution in [0.25, 0.3) is 0 Å². The minimum atomic E-state index is -2.88. The second kappa shape index (κ2) is 3.24. The lowest BCUT2D eigenvalue weighted by Crippen LogP contribution is -2.20. The monoisotopic (exact) mass is 203 g/mol. The van der Waals surface area contributed by atoms with Gasteiger partial charge in [0, 0.05) is 12.1 Å². The highest BCUT2D eigenvalue weighted by molar-refractivity contribution is 7.89. The fourth-order valence-corrected chi connectivity index (χ4v) is 4.46. The van der Waals surface area contributed by atoms with Gasteiger partial charge < -0.3 is 0 Å². The summed E-state index contributed by atoms with van der Waals surface area (Å²) in [6, 6.07) is 0.781. The Morgan fingerprint density at radius 2 is 1.92 bits per heavy atom. The molecule has 4 heteroatoms. The summed E-state index contributed by atoms with van der Waals surface area (Å²) in [5.74, 6) is 0.358. The number of fused-ring (bicyclic) bond motifs is 1.